The monoisotopic (exact) mass is 506 g/mol. The van der Waals surface area contributed by atoms with Gasteiger partial charge in [0.05, 0.1) is 17.0 Å². The van der Waals surface area contributed by atoms with Crippen LogP contribution in [0.1, 0.15) is 61.9 Å². The molecule has 1 aliphatic carbocycles. The number of fused-ring (bicyclic) bond motifs is 1. The van der Waals surface area contributed by atoms with Crippen LogP contribution in [0, 0.1) is 11.3 Å². The van der Waals surface area contributed by atoms with Gasteiger partial charge in [0.25, 0.3) is 5.91 Å². The van der Waals surface area contributed by atoms with Crippen LogP contribution in [0.4, 0.5) is 0 Å². The predicted octanol–water partition coefficient (Wildman–Crippen LogP) is 4.61. The van der Waals surface area contributed by atoms with E-state index in [4.69, 9.17) is 27.6 Å². The van der Waals surface area contributed by atoms with Gasteiger partial charge in [-0.25, -0.2) is 0 Å². The maximum Gasteiger partial charge on any atom is 0.287 e. The fourth-order valence-electron chi connectivity index (χ4n) is 5.30. The van der Waals surface area contributed by atoms with Gasteiger partial charge in [0.2, 0.25) is 5.91 Å². The van der Waals surface area contributed by atoms with Crippen LogP contribution >= 0.6 is 23.2 Å². The molecule has 2 aromatic rings. The minimum atomic E-state index is -0.684. The van der Waals surface area contributed by atoms with Gasteiger partial charge < -0.3 is 19.4 Å². The molecule has 1 aromatic heterocycles. The Hall–Kier alpha value is -2.38. The molecule has 1 saturated heterocycles. The van der Waals surface area contributed by atoms with Crippen LogP contribution < -0.4 is 10.7 Å². The van der Waals surface area contributed by atoms with Gasteiger partial charge in [0.1, 0.15) is 6.29 Å². The van der Waals surface area contributed by atoms with Crippen molar-refractivity contribution in [3.05, 3.63) is 44.2 Å². The molecule has 0 atom stereocenters. The van der Waals surface area contributed by atoms with Crippen molar-refractivity contribution in [1.82, 2.24) is 10.2 Å². The van der Waals surface area contributed by atoms with Gasteiger partial charge in [0.15, 0.2) is 16.8 Å². The number of halogens is 2. The number of nitrogens with zero attached hydrogens (tertiary/aromatic N) is 1. The van der Waals surface area contributed by atoms with E-state index in [1.165, 1.54) is 25.0 Å². The number of likely N-dealkylation sites (tertiary alicyclic amines) is 1. The molecule has 2 fully saturated rings. The third-order valence-corrected chi connectivity index (χ3v) is 7.82. The van der Waals surface area contributed by atoms with E-state index in [9.17, 15) is 19.2 Å². The summed E-state index contributed by atoms with van der Waals surface area (Å²) < 4.78 is 5.52. The van der Waals surface area contributed by atoms with Crippen LogP contribution in [0.25, 0.3) is 11.0 Å². The highest BCUT2D eigenvalue weighted by Gasteiger charge is 2.42. The van der Waals surface area contributed by atoms with Crippen LogP contribution in [0.15, 0.2) is 27.4 Å². The van der Waals surface area contributed by atoms with Gasteiger partial charge >= 0.3 is 0 Å². The van der Waals surface area contributed by atoms with Crippen molar-refractivity contribution >= 4 is 52.3 Å². The first-order chi connectivity index (χ1) is 16.3. The summed E-state index contributed by atoms with van der Waals surface area (Å²) in [6.07, 6.45) is 9.39. The average molecular weight is 507 g/mol. The average Bonchev–Trinajstić information content (AvgIpc) is 3.13. The second-order valence-corrected chi connectivity index (χ2v) is 10.2. The van der Waals surface area contributed by atoms with Gasteiger partial charge in [0, 0.05) is 29.6 Å². The summed E-state index contributed by atoms with van der Waals surface area (Å²) in [5.41, 5.74) is -0.738. The summed E-state index contributed by atoms with van der Waals surface area (Å²) in [4.78, 5) is 51.4. The van der Waals surface area contributed by atoms with Crippen LogP contribution in [0.5, 0.6) is 0 Å². The molecule has 34 heavy (non-hydrogen) atoms. The Balaban J connectivity index is 1.36. The fraction of sp³-hybridized carbons (Fsp3) is 0.520. The van der Waals surface area contributed by atoms with E-state index < -0.39 is 11.3 Å². The lowest BCUT2D eigenvalue weighted by molar-refractivity contribution is -0.136. The van der Waals surface area contributed by atoms with Gasteiger partial charge in [-0.05, 0) is 43.7 Å². The first-order valence-corrected chi connectivity index (χ1v) is 12.5. The first kappa shape index (κ1) is 24.7. The SMILES string of the molecule is O=CC1(C2CCCCCC2)CCN(C(=O)CNC(=O)c2cc(=O)c3cc(Cl)cc(Cl)c3o2)CC1. The lowest BCUT2D eigenvalue weighted by Crippen LogP contribution is -2.49. The maximum absolute atomic E-state index is 12.7. The molecule has 0 spiro atoms. The highest BCUT2D eigenvalue weighted by Crippen LogP contribution is 2.43. The second kappa shape index (κ2) is 10.5. The molecule has 1 aromatic carbocycles. The Labute approximate surface area is 207 Å². The molecule has 1 aliphatic heterocycles. The summed E-state index contributed by atoms with van der Waals surface area (Å²) in [7, 11) is 0. The summed E-state index contributed by atoms with van der Waals surface area (Å²) in [5.74, 6) is -0.763. The lowest BCUT2D eigenvalue weighted by atomic mass is 9.67. The molecule has 0 bridgehead atoms. The van der Waals surface area contributed by atoms with Crippen LogP contribution in [0.2, 0.25) is 10.0 Å². The summed E-state index contributed by atoms with van der Waals surface area (Å²) in [5, 5.41) is 3.10. The second-order valence-electron chi connectivity index (χ2n) is 9.34. The minimum absolute atomic E-state index is 0.0646. The van der Waals surface area contributed by atoms with Crippen LogP contribution in [0.3, 0.4) is 0 Å². The van der Waals surface area contributed by atoms with Crippen molar-refractivity contribution < 1.29 is 18.8 Å². The fourth-order valence-corrected chi connectivity index (χ4v) is 5.83. The predicted molar refractivity (Wildman–Crippen MR) is 130 cm³/mol. The third kappa shape index (κ3) is 5.15. The number of hydrogen-bond acceptors (Lipinski definition) is 5. The molecular weight excluding hydrogens is 479 g/mol. The van der Waals surface area contributed by atoms with E-state index in [0.29, 0.717) is 31.8 Å². The Morgan fingerprint density at radius 3 is 2.41 bits per heavy atom. The van der Waals surface area contributed by atoms with Crippen molar-refractivity contribution in [2.24, 2.45) is 11.3 Å². The molecule has 1 saturated carbocycles. The summed E-state index contributed by atoms with van der Waals surface area (Å²) in [6, 6.07) is 3.90. The van der Waals surface area contributed by atoms with Crippen molar-refractivity contribution in [1.29, 1.82) is 0 Å². The van der Waals surface area contributed by atoms with E-state index in [-0.39, 0.29) is 44.6 Å². The van der Waals surface area contributed by atoms with Crippen molar-refractivity contribution in [3.8, 4) is 0 Å². The smallest absolute Gasteiger partial charge is 0.287 e. The molecule has 2 amide bonds. The van der Waals surface area contributed by atoms with E-state index in [0.717, 1.165) is 38.0 Å². The first-order valence-electron chi connectivity index (χ1n) is 11.8. The highest BCUT2D eigenvalue weighted by molar-refractivity contribution is 6.38. The van der Waals surface area contributed by atoms with Crippen LogP contribution in [-0.2, 0) is 9.59 Å². The lowest BCUT2D eigenvalue weighted by Gasteiger charge is -2.43. The Morgan fingerprint density at radius 2 is 1.76 bits per heavy atom. The van der Waals surface area contributed by atoms with Gasteiger partial charge in [-0.2, -0.15) is 0 Å². The number of rotatable bonds is 5. The molecule has 1 N–H and O–H groups in total. The Morgan fingerprint density at radius 1 is 1.09 bits per heavy atom. The number of amides is 2. The standard InChI is InChI=1S/C25H28Cl2N2O5/c26-17-11-18-20(31)13-21(34-23(18)19(27)12-17)24(33)28-14-22(32)29-9-7-25(15-30,8-10-29)16-5-3-1-2-4-6-16/h11-13,15-16H,1-10,14H2,(H,28,33). The molecule has 0 unspecified atom stereocenters. The van der Waals surface area contributed by atoms with Gasteiger partial charge in [-0.1, -0.05) is 48.9 Å². The molecule has 182 valence electrons. The third-order valence-electron chi connectivity index (χ3n) is 7.32. The molecule has 7 nitrogen and oxygen atoms in total. The molecule has 0 radical (unpaired) electrons. The molecule has 9 heteroatoms. The summed E-state index contributed by atoms with van der Waals surface area (Å²) >= 11 is 12.0. The number of aldehydes is 1. The van der Waals surface area contributed by atoms with Crippen LogP contribution in [-0.4, -0.2) is 42.6 Å². The number of piperidine rings is 1. The zero-order chi connectivity index (χ0) is 24.3. The van der Waals surface area contributed by atoms with E-state index in [2.05, 4.69) is 5.32 Å². The molecule has 4 rings (SSSR count). The van der Waals surface area contributed by atoms with Gasteiger partial charge in [-0.15, -0.1) is 0 Å². The zero-order valence-electron chi connectivity index (χ0n) is 18.9. The molecular formula is C25H28Cl2N2O5. The number of carbonyl (C=O) groups excluding carboxylic acids is 3. The number of hydrogen-bond donors (Lipinski definition) is 1. The summed E-state index contributed by atoms with van der Waals surface area (Å²) in [6.45, 7) is 0.753. The number of benzene rings is 1. The van der Waals surface area contributed by atoms with Crippen molar-refractivity contribution in [2.45, 2.75) is 51.4 Å². The Bertz CT molecular complexity index is 1150. The normalized spacial score (nSPS) is 18.9. The maximum atomic E-state index is 12.7. The molecule has 2 aliphatic rings. The number of nitrogens with one attached hydrogen (secondary N) is 1. The molecule has 2 heterocycles. The minimum Gasteiger partial charge on any atom is -0.449 e. The highest BCUT2D eigenvalue weighted by atomic mass is 35.5. The van der Waals surface area contributed by atoms with E-state index >= 15 is 0 Å². The number of carbonyl (C=O) groups is 3. The van der Waals surface area contributed by atoms with E-state index in [1.807, 2.05) is 0 Å². The zero-order valence-corrected chi connectivity index (χ0v) is 20.4. The topological polar surface area (TPSA) is 96.7 Å². The van der Waals surface area contributed by atoms with Gasteiger partial charge in [-0.3, -0.25) is 14.4 Å². The Kier molecular flexibility index (Phi) is 7.63. The van der Waals surface area contributed by atoms with E-state index in [1.54, 1.807) is 4.90 Å². The van der Waals surface area contributed by atoms with Crippen molar-refractivity contribution in [2.75, 3.05) is 19.6 Å². The van der Waals surface area contributed by atoms with Crippen molar-refractivity contribution in [3.63, 3.8) is 0 Å². The quantitative estimate of drug-likeness (QED) is 0.471. The largest absolute Gasteiger partial charge is 0.449 e.